The predicted octanol–water partition coefficient (Wildman–Crippen LogP) is 4.15. The number of fused-ring (bicyclic) bond motifs is 1. The zero-order chi connectivity index (χ0) is 24.0. The highest BCUT2D eigenvalue weighted by atomic mass is 19.3. The lowest BCUT2D eigenvalue weighted by atomic mass is 10.0. The minimum absolute atomic E-state index is 0.0361. The summed E-state index contributed by atoms with van der Waals surface area (Å²) in [6.45, 7) is 0.771. The lowest BCUT2D eigenvalue weighted by Crippen LogP contribution is -2.29. The number of hydrogen-bond acceptors (Lipinski definition) is 6. The van der Waals surface area contributed by atoms with E-state index in [1.54, 1.807) is 6.07 Å². The summed E-state index contributed by atoms with van der Waals surface area (Å²) in [6.07, 6.45) is 5.74. The van der Waals surface area contributed by atoms with Gasteiger partial charge < -0.3 is 5.73 Å². The van der Waals surface area contributed by atoms with Crippen molar-refractivity contribution >= 4 is 11.6 Å². The molecule has 0 aliphatic rings. The number of nitrogens with two attached hydrogens (primary N) is 1. The lowest BCUT2D eigenvalue weighted by molar-refractivity contribution is -0.0217. The van der Waals surface area contributed by atoms with Gasteiger partial charge in [-0.3, -0.25) is 4.68 Å². The van der Waals surface area contributed by atoms with Crippen LogP contribution in [0.1, 0.15) is 18.5 Å². The summed E-state index contributed by atoms with van der Waals surface area (Å²) in [5, 5.41) is 8.01. The molecule has 4 aromatic heterocycles. The van der Waals surface area contributed by atoms with Gasteiger partial charge in [-0.25, -0.2) is 32.0 Å². The number of rotatable bonds is 5. The van der Waals surface area contributed by atoms with Gasteiger partial charge in [-0.1, -0.05) is 12.1 Å². The van der Waals surface area contributed by atoms with E-state index in [9.17, 15) is 17.6 Å². The first-order valence-corrected chi connectivity index (χ1v) is 10.0. The van der Waals surface area contributed by atoms with E-state index in [1.165, 1.54) is 47.5 Å². The molecule has 5 rings (SSSR count). The van der Waals surface area contributed by atoms with Crippen LogP contribution in [0.3, 0.4) is 0 Å². The van der Waals surface area contributed by atoms with Crippen LogP contribution in [-0.2, 0) is 0 Å². The fourth-order valence-corrected chi connectivity index (χ4v) is 3.68. The van der Waals surface area contributed by atoms with Crippen LogP contribution < -0.4 is 5.73 Å². The summed E-state index contributed by atoms with van der Waals surface area (Å²) < 4.78 is 59.0. The summed E-state index contributed by atoms with van der Waals surface area (Å²) in [7, 11) is 0. The zero-order valence-electron chi connectivity index (χ0n) is 17.6. The maximum absolute atomic E-state index is 14.5. The molecule has 0 fully saturated rings. The van der Waals surface area contributed by atoms with Gasteiger partial charge in [-0.05, 0) is 29.8 Å². The van der Waals surface area contributed by atoms with Crippen LogP contribution in [0, 0.1) is 11.6 Å². The molecule has 0 bridgehead atoms. The maximum atomic E-state index is 14.5. The molecule has 8 nitrogen and oxygen atoms in total. The van der Waals surface area contributed by atoms with E-state index >= 15 is 0 Å². The van der Waals surface area contributed by atoms with Gasteiger partial charge in [-0.2, -0.15) is 10.1 Å². The molecule has 34 heavy (non-hydrogen) atoms. The second kappa shape index (κ2) is 7.90. The first-order valence-electron chi connectivity index (χ1n) is 10.0. The molecule has 5 aromatic rings. The summed E-state index contributed by atoms with van der Waals surface area (Å²) in [6, 6.07) is 6.14. The molecule has 1 atom stereocenters. The Morgan fingerprint density at radius 1 is 1.00 bits per heavy atom. The number of nitrogen functional groups attached to an aromatic ring is 1. The molecule has 1 aromatic carbocycles. The van der Waals surface area contributed by atoms with Crippen LogP contribution in [0.25, 0.3) is 28.3 Å². The Balaban J connectivity index is 1.52. The SMILES string of the molecule is CC(F)(F)[C@@H](c1ccc(F)cc1)n1cc(-c2ccnc(-c3cc(F)c4nc(N)nn4c3)n2)cn1. The van der Waals surface area contributed by atoms with Crippen LogP contribution in [0.5, 0.6) is 0 Å². The van der Waals surface area contributed by atoms with Crippen molar-refractivity contribution in [2.24, 2.45) is 0 Å². The van der Waals surface area contributed by atoms with Gasteiger partial charge in [0.2, 0.25) is 5.95 Å². The van der Waals surface area contributed by atoms with Crippen molar-refractivity contribution in [2.75, 3.05) is 5.73 Å². The van der Waals surface area contributed by atoms with Crippen molar-refractivity contribution in [3.8, 4) is 22.6 Å². The fraction of sp³-hybridized carbons (Fsp3) is 0.136. The van der Waals surface area contributed by atoms with Gasteiger partial charge >= 0.3 is 0 Å². The molecular formula is C22H16F4N8. The average molecular weight is 468 g/mol. The number of nitrogens with zero attached hydrogens (tertiary/aromatic N) is 7. The molecule has 4 heterocycles. The quantitative estimate of drug-likeness (QED) is 0.389. The Hall–Kier alpha value is -4.35. The van der Waals surface area contributed by atoms with Crippen molar-refractivity contribution in [2.45, 2.75) is 18.9 Å². The third kappa shape index (κ3) is 3.93. The van der Waals surface area contributed by atoms with Crippen molar-refractivity contribution < 1.29 is 17.6 Å². The molecule has 0 radical (unpaired) electrons. The summed E-state index contributed by atoms with van der Waals surface area (Å²) in [5.74, 6) is -4.28. The second-order valence-electron chi connectivity index (χ2n) is 7.70. The summed E-state index contributed by atoms with van der Waals surface area (Å²) in [4.78, 5) is 12.4. The molecule has 12 heteroatoms. The molecule has 172 valence electrons. The number of benzene rings is 1. The Labute approximate surface area is 189 Å². The van der Waals surface area contributed by atoms with E-state index in [1.807, 2.05) is 0 Å². The summed E-state index contributed by atoms with van der Waals surface area (Å²) in [5.41, 5.74) is 6.83. The lowest BCUT2D eigenvalue weighted by Gasteiger charge is -2.24. The molecule has 0 aliphatic heterocycles. The Morgan fingerprint density at radius 3 is 2.50 bits per heavy atom. The largest absolute Gasteiger partial charge is 0.366 e. The van der Waals surface area contributed by atoms with E-state index in [4.69, 9.17) is 5.73 Å². The summed E-state index contributed by atoms with van der Waals surface area (Å²) >= 11 is 0. The van der Waals surface area contributed by atoms with Gasteiger partial charge in [-0.15, -0.1) is 5.10 Å². The minimum atomic E-state index is -3.19. The molecule has 0 saturated heterocycles. The second-order valence-corrected chi connectivity index (χ2v) is 7.70. The molecule has 0 saturated carbocycles. The normalized spacial score (nSPS) is 12.9. The highest BCUT2D eigenvalue weighted by Crippen LogP contribution is 2.35. The third-order valence-corrected chi connectivity index (χ3v) is 5.15. The van der Waals surface area contributed by atoms with Crippen molar-refractivity contribution in [1.82, 2.24) is 34.3 Å². The molecule has 0 unspecified atom stereocenters. The highest BCUT2D eigenvalue weighted by molar-refractivity contribution is 5.63. The van der Waals surface area contributed by atoms with E-state index < -0.39 is 23.6 Å². The van der Waals surface area contributed by atoms with Gasteiger partial charge in [0.15, 0.2) is 17.3 Å². The Kier molecular flexibility index (Phi) is 5.00. The average Bonchev–Trinajstić information content (AvgIpc) is 3.41. The molecular weight excluding hydrogens is 452 g/mol. The standard InChI is InChI=1S/C22H16F4N8/c1-22(25,26)18(12-2-4-15(23)5-3-12)33-11-14(9-29-33)17-6-7-28-19(30-17)13-8-16(24)20-31-21(27)32-34(20)10-13/h2-11,18H,1H3,(H2,27,32)/t18-/m1/s1. The number of pyridine rings is 1. The molecule has 0 aliphatic carbocycles. The number of aromatic nitrogens is 7. The number of alkyl halides is 2. The fourth-order valence-electron chi connectivity index (χ4n) is 3.68. The monoisotopic (exact) mass is 468 g/mol. The van der Waals surface area contributed by atoms with Gasteiger partial charge in [0, 0.05) is 36.6 Å². The third-order valence-electron chi connectivity index (χ3n) is 5.15. The number of anilines is 1. The Bertz CT molecular complexity index is 1490. The van der Waals surface area contributed by atoms with Crippen molar-refractivity contribution in [3.63, 3.8) is 0 Å². The number of halogens is 4. The van der Waals surface area contributed by atoms with Gasteiger partial charge in [0.25, 0.3) is 5.92 Å². The van der Waals surface area contributed by atoms with Crippen LogP contribution in [-0.4, -0.2) is 40.3 Å². The van der Waals surface area contributed by atoms with Crippen LogP contribution in [0.2, 0.25) is 0 Å². The molecule has 0 amide bonds. The van der Waals surface area contributed by atoms with E-state index in [-0.39, 0.29) is 23.0 Å². The smallest absolute Gasteiger partial charge is 0.271 e. The first kappa shape index (κ1) is 21.5. The van der Waals surface area contributed by atoms with Gasteiger partial charge in [0.1, 0.15) is 11.9 Å². The molecule has 2 N–H and O–H groups in total. The van der Waals surface area contributed by atoms with Gasteiger partial charge in [0.05, 0.1) is 11.9 Å². The molecule has 0 spiro atoms. The van der Waals surface area contributed by atoms with E-state index in [2.05, 4.69) is 25.1 Å². The first-order chi connectivity index (χ1) is 16.2. The van der Waals surface area contributed by atoms with Crippen LogP contribution >= 0.6 is 0 Å². The van der Waals surface area contributed by atoms with E-state index in [0.29, 0.717) is 16.8 Å². The number of hydrogen-bond donors (Lipinski definition) is 1. The topological polar surface area (TPSA) is 99.8 Å². The van der Waals surface area contributed by atoms with Crippen LogP contribution in [0.4, 0.5) is 23.5 Å². The van der Waals surface area contributed by atoms with E-state index in [0.717, 1.165) is 23.7 Å². The maximum Gasteiger partial charge on any atom is 0.271 e. The minimum Gasteiger partial charge on any atom is -0.366 e. The van der Waals surface area contributed by atoms with Crippen molar-refractivity contribution in [3.05, 3.63) is 78.4 Å². The zero-order valence-corrected chi connectivity index (χ0v) is 17.6. The van der Waals surface area contributed by atoms with Crippen molar-refractivity contribution in [1.29, 1.82) is 0 Å². The highest BCUT2D eigenvalue weighted by Gasteiger charge is 2.37. The van der Waals surface area contributed by atoms with Crippen LogP contribution in [0.15, 0.2) is 61.2 Å². The predicted molar refractivity (Wildman–Crippen MR) is 115 cm³/mol. The Morgan fingerprint density at radius 2 is 1.76 bits per heavy atom.